The number of nitrogens with zero attached hydrogens (tertiary/aromatic N) is 4. The smallest absolute Gasteiger partial charge is 0.0537 e. The summed E-state index contributed by atoms with van der Waals surface area (Å²) < 4.78 is 2.07. The zero-order valence-corrected chi connectivity index (χ0v) is 16.8. The minimum atomic E-state index is 0.264. The van der Waals surface area contributed by atoms with Crippen molar-refractivity contribution in [2.45, 2.75) is 52.2 Å². The third kappa shape index (κ3) is 5.41. The molecule has 3 rings (SSSR count). The fraction of sp³-hybridized carbons (Fsp3) is 0.591. The molecular formula is C22H34N4O. The second-order valence-electron chi connectivity index (χ2n) is 7.60. The lowest BCUT2D eigenvalue weighted by Gasteiger charge is -2.41. The average Bonchev–Trinajstić information content (AvgIpc) is 3.04. The number of rotatable bonds is 9. The fourth-order valence-corrected chi connectivity index (χ4v) is 4.15. The van der Waals surface area contributed by atoms with Crippen LogP contribution in [0.1, 0.15) is 36.6 Å². The van der Waals surface area contributed by atoms with E-state index in [1.54, 1.807) is 0 Å². The Morgan fingerprint density at radius 2 is 2.00 bits per heavy atom. The van der Waals surface area contributed by atoms with Crippen LogP contribution in [0.5, 0.6) is 0 Å². The lowest BCUT2D eigenvalue weighted by atomic mass is 10.1. The van der Waals surface area contributed by atoms with E-state index in [1.165, 1.54) is 23.2 Å². The first-order valence-corrected chi connectivity index (χ1v) is 10.3. The first-order valence-electron chi connectivity index (χ1n) is 10.3. The molecule has 1 saturated heterocycles. The van der Waals surface area contributed by atoms with Crippen molar-refractivity contribution < 1.29 is 5.11 Å². The van der Waals surface area contributed by atoms with E-state index in [0.29, 0.717) is 6.04 Å². The Labute approximate surface area is 163 Å². The van der Waals surface area contributed by atoms with E-state index in [0.717, 1.165) is 52.1 Å². The van der Waals surface area contributed by atoms with Gasteiger partial charge in [-0.1, -0.05) is 30.3 Å². The van der Waals surface area contributed by atoms with Crippen LogP contribution < -0.4 is 0 Å². The molecule has 1 aromatic carbocycles. The molecule has 0 aliphatic carbocycles. The number of aromatic nitrogens is 2. The third-order valence-electron chi connectivity index (χ3n) is 5.80. The van der Waals surface area contributed by atoms with Crippen LogP contribution in [0.4, 0.5) is 0 Å². The van der Waals surface area contributed by atoms with E-state index >= 15 is 0 Å². The summed E-state index contributed by atoms with van der Waals surface area (Å²) in [5, 5.41) is 14.0. The molecule has 0 bridgehead atoms. The number of piperazine rings is 1. The molecule has 5 nitrogen and oxygen atoms in total. The summed E-state index contributed by atoms with van der Waals surface area (Å²) in [6.45, 7) is 10.8. The minimum Gasteiger partial charge on any atom is -0.396 e. The Hall–Kier alpha value is -1.69. The van der Waals surface area contributed by atoms with E-state index in [-0.39, 0.29) is 6.61 Å². The van der Waals surface area contributed by atoms with Gasteiger partial charge in [0, 0.05) is 56.6 Å². The van der Waals surface area contributed by atoms with Gasteiger partial charge in [-0.2, -0.15) is 5.10 Å². The molecule has 2 heterocycles. The number of aliphatic hydroxyl groups is 1. The number of aryl methyl sites for hydroxylation is 2. The maximum Gasteiger partial charge on any atom is 0.0537 e. The van der Waals surface area contributed by atoms with Crippen LogP contribution in [-0.4, -0.2) is 63.5 Å². The monoisotopic (exact) mass is 370 g/mol. The molecule has 1 aliphatic rings. The predicted molar refractivity (Wildman–Crippen MR) is 110 cm³/mol. The lowest BCUT2D eigenvalue weighted by Crippen LogP contribution is -2.53. The van der Waals surface area contributed by atoms with E-state index in [1.807, 2.05) is 6.20 Å². The first-order chi connectivity index (χ1) is 13.2. The van der Waals surface area contributed by atoms with Crippen LogP contribution in [-0.2, 0) is 19.5 Å². The molecule has 148 valence electrons. The summed E-state index contributed by atoms with van der Waals surface area (Å²) >= 11 is 0. The highest BCUT2D eigenvalue weighted by Gasteiger charge is 2.26. The third-order valence-corrected chi connectivity index (χ3v) is 5.80. The van der Waals surface area contributed by atoms with E-state index in [9.17, 15) is 5.11 Å². The summed E-state index contributed by atoms with van der Waals surface area (Å²) in [6.07, 6.45) is 5.18. The highest BCUT2D eigenvalue weighted by Crippen LogP contribution is 2.18. The van der Waals surface area contributed by atoms with Crippen LogP contribution in [0.25, 0.3) is 0 Å². The molecule has 5 heteroatoms. The average molecular weight is 371 g/mol. The molecular weight excluding hydrogens is 336 g/mol. The normalized spacial score (nSPS) is 18.9. The molecule has 1 aromatic heterocycles. The van der Waals surface area contributed by atoms with Gasteiger partial charge >= 0.3 is 0 Å². The fourth-order valence-electron chi connectivity index (χ4n) is 4.15. The summed E-state index contributed by atoms with van der Waals surface area (Å²) in [7, 11) is 0. The lowest BCUT2D eigenvalue weighted by molar-refractivity contribution is 0.0546. The highest BCUT2D eigenvalue weighted by atomic mass is 16.3. The van der Waals surface area contributed by atoms with E-state index < -0.39 is 0 Å². The molecule has 1 N–H and O–H groups in total. The molecule has 0 radical (unpaired) electrons. The molecule has 0 saturated carbocycles. The van der Waals surface area contributed by atoms with Crippen molar-refractivity contribution in [2.24, 2.45) is 0 Å². The van der Waals surface area contributed by atoms with E-state index in [4.69, 9.17) is 0 Å². The second kappa shape index (κ2) is 10.0. The zero-order chi connectivity index (χ0) is 19.1. The Morgan fingerprint density at radius 1 is 1.19 bits per heavy atom. The molecule has 1 fully saturated rings. The molecule has 27 heavy (non-hydrogen) atoms. The topological polar surface area (TPSA) is 44.5 Å². The van der Waals surface area contributed by atoms with Crippen molar-refractivity contribution in [1.82, 2.24) is 19.6 Å². The summed E-state index contributed by atoms with van der Waals surface area (Å²) in [5.41, 5.74) is 4.02. The molecule has 0 spiro atoms. The number of aliphatic hydroxyl groups excluding tert-OH is 1. The van der Waals surface area contributed by atoms with Crippen LogP contribution in [0.2, 0.25) is 0 Å². The summed E-state index contributed by atoms with van der Waals surface area (Å²) in [5.74, 6) is 0. The summed E-state index contributed by atoms with van der Waals surface area (Å²) in [4.78, 5) is 5.11. The van der Waals surface area contributed by atoms with Gasteiger partial charge < -0.3 is 5.11 Å². The van der Waals surface area contributed by atoms with Gasteiger partial charge in [-0.3, -0.25) is 14.5 Å². The van der Waals surface area contributed by atoms with Gasteiger partial charge in [-0.05, 0) is 45.2 Å². The predicted octanol–water partition coefficient (Wildman–Crippen LogP) is 2.71. The van der Waals surface area contributed by atoms with E-state index in [2.05, 4.69) is 63.8 Å². The van der Waals surface area contributed by atoms with Crippen molar-refractivity contribution in [3.63, 3.8) is 0 Å². The molecule has 1 unspecified atom stereocenters. The Morgan fingerprint density at radius 3 is 2.70 bits per heavy atom. The van der Waals surface area contributed by atoms with Crippen molar-refractivity contribution >= 4 is 0 Å². The number of hydrogen-bond donors (Lipinski definition) is 1. The first kappa shape index (κ1) is 20.1. The Kier molecular flexibility index (Phi) is 7.44. The molecule has 1 atom stereocenters. The standard InChI is InChI=1S/C22H34N4O/c1-3-26-19(2)21(16-23-26)17-24-13-14-25(22(18-24)11-15-27)12-7-10-20-8-5-4-6-9-20/h4-6,8-9,16,22,27H,3,7,10-15,17-18H2,1-2H3. The highest BCUT2D eigenvalue weighted by molar-refractivity contribution is 5.16. The number of benzene rings is 1. The molecule has 2 aromatic rings. The molecule has 0 amide bonds. The minimum absolute atomic E-state index is 0.264. The zero-order valence-electron chi connectivity index (χ0n) is 16.8. The summed E-state index contributed by atoms with van der Waals surface area (Å²) in [6, 6.07) is 11.2. The number of hydrogen-bond acceptors (Lipinski definition) is 4. The van der Waals surface area contributed by atoms with Crippen molar-refractivity contribution in [3.8, 4) is 0 Å². The van der Waals surface area contributed by atoms with Gasteiger partial charge in [-0.15, -0.1) is 0 Å². The van der Waals surface area contributed by atoms with Crippen molar-refractivity contribution in [2.75, 3.05) is 32.8 Å². The molecule has 1 aliphatic heterocycles. The van der Waals surface area contributed by atoms with Crippen LogP contribution in [0, 0.1) is 6.92 Å². The van der Waals surface area contributed by atoms with Gasteiger partial charge in [0.1, 0.15) is 0 Å². The van der Waals surface area contributed by atoms with Gasteiger partial charge in [0.05, 0.1) is 6.20 Å². The quantitative estimate of drug-likeness (QED) is 0.737. The SMILES string of the molecule is CCn1ncc(CN2CCN(CCCc3ccccc3)C(CCO)C2)c1C. The Bertz CT molecular complexity index is 685. The van der Waals surface area contributed by atoms with Gasteiger partial charge in [0.2, 0.25) is 0 Å². The van der Waals surface area contributed by atoms with Gasteiger partial charge in [-0.25, -0.2) is 0 Å². The van der Waals surface area contributed by atoms with Crippen molar-refractivity contribution in [3.05, 3.63) is 53.3 Å². The van der Waals surface area contributed by atoms with Crippen LogP contribution in [0.15, 0.2) is 36.5 Å². The van der Waals surface area contributed by atoms with Gasteiger partial charge in [0.25, 0.3) is 0 Å². The van der Waals surface area contributed by atoms with Crippen LogP contribution >= 0.6 is 0 Å². The maximum absolute atomic E-state index is 9.54. The van der Waals surface area contributed by atoms with Gasteiger partial charge in [0.15, 0.2) is 0 Å². The largest absolute Gasteiger partial charge is 0.396 e. The van der Waals surface area contributed by atoms with Crippen molar-refractivity contribution in [1.29, 1.82) is 0 Å². The maximum atomic E-state index is 9.54. The Balaban J connectivity index is 1.52. The van der Waals surface area contributed by atoms with Crippen LogP contribution in [0.3, 0.4) is 0 Å². The second-order valence-corrected chi connectivity index (χ2v) is 7.60.